The van der Waals surface area contributed by atoms with Gasteiger partial charge in [-0.25, -0.2) is 0 Å². The average Bonchev–Trinajstić information content (AvgIpc) is 2.25. The van der Waals surface area contributed by atoms with Gasteiger partial charge in [0, 0.05) is 0 Å². The van der Waals surface area contributed by atoms with E-state index in [2.05, 4.69) is 34.6 Å². The summed E-state index contributed by atoms with van der Waals surface area (Å²) in [4.78, 5) is 0. The molecule has 0 rings (SSSR count). The smallest absolute Gasteiger partial charge is 0.0354 e. The van der Waals surface area contributed by atoms with Crippen LogP contribution in [0.2, 0.25) is 0 Å². The number of hydrogen-bond donors (Lipinski definition) is 0. The highest BCUT2D eigenvalue weighted by molar-refractivity contribution is 4.74. The predicted molar refractivity (Wildman–Crippen MR) is 80.1 cm³/mol. The number of unbranched alkanes of at least 4 members (excludes halogenated alkanes) is 7. The quantitative estimate of drug-likeness (QED) is 0.387. The van der Waals surface area contributed by atoms with E-state index in [1.54, 1.807) is 0 Å². The van der Waals surface area contributed by atoms with Crippen LogP contribution in [-0.2, 0) is 0 Å². The van der Waals surface area contributed by atoms with Crippen LogP contribution in [-0.4, -0.2) is 0 Å². The molecule has 0 fully saturated rings. The zero-order valence-corrected chi connectivity index (χ0v) is 12.9. The van der Waals surface area contributed by atoms with Gasteiger partial charge in [0.1, 0.15) is 0 Å². The van der Waals surface area contributed by atoms with E-state index in [1.807, 2.05) is 0 Å². The molecule has 0 heteroatoms. The first kappa shape index (κ1) is 17.0. The molecule has 0 aliphatic rings. The van der Waals surface area contributed by atoms with E-state index in [0.29, 0.717) is 5.41 Å². The van der Waals surface area contributed by atoms with Crippen LogP contribution in [0, 0.1) is 18.3 Å². The predicted octanol–water partition coefficient (Wildman–Crippen LogP) is 6.40. The lowest BCUT2D eigenvalue weighted by Crippen LogP contribution is -2.19. The molecule has 0 spiro atoms. The Labute approximate surface area is 111 Å². The minimum absolute atomic E-state index is 0.447. The third-order valence-corrected chi connectivity index (χ3v) is 3.98. The van der Waals surface area contributed by atoms with Gasteiger partial charge in [0.05, 0.1) is 0 Å². The normalized spacial score (nSPS) is 13.9. The first-order valence-electron chi connectivity index (χ1n) is 7.81. The van der Waals surface area contributed by atoms with E-state index in [0.717, 1.165) is 12.3 Å². The molecule has 1 unspecified atom stereocenters. The van der Waals surface area contributed by atoms with Crippen LogP contribution in [0.15, 0.2) is 0 Å². The molecular weight excluding hydrogens is 204 g/mol. The van der Waals surface area contributed by atoms with E-state index in [1.165, 1.54) is 57.8 Å². The molecule has 0 aromatic heterocycles. The minimum atomic E-state index is 0.447. The second-order valence-electron chi connectivity index (χ2n) is 6.62. The third-order valence-electron chi connectivity index (χ3n) is 3.98. The molecule has 1 atom stereocenters. The summed E-state index contributed by atoms with van der Waals surface area (Å²) in [6.45, 7) is 13.4. The van der Waals surface area contributed by atoms with E-state index in [4.69, 9.17) is 0 Å². The SMILES string of the molecule is [CH2]CC(CCCCCCCCCC)C(C)(C)C. The van der Waals surface area contributed by atoms with Gasteiger partial charge in [0.15, 0.2) is 0 Å². The topological polar surface area (TPSA) is 0 Å². The van der Waals surface area contributed by atoms with Crippen molar-refractivity contribution in [2.45, 2.75) is 91.9 Å². The highest BCUT2D eigenvalue weighted by Crippen LogP contribution is 2.32. The van der Waals surface area contributed by atoms with E-state index in [9.17, 15) is 0 Å². The van der Waals surface area contributed by atoms with Crippen LogP contribution in [0.25, 0.3) is 0 Å². The van der Waals surface area contributed by atoms with Crippen molar-refractivity contribution in [2.75, 3.05) is 0 Å². The second kappa shape index (κ2) is 9.97. The molecule has 0 saturated heterocycles. The number of hydrogen-bond acceptors (Lipinski definition) is 0. The van der Waals surface area contributed by atoms with Crippen molar-refractivity contribution in [1.29, 1.82) is 0 Å². The van der Waals surface area contributed by atoms with Gasteiger partial charge in [0.25, 0.3) is 0 Å². The summed E-state index contributed by atoms with van der Waals surface area (Å²) in [5.74, 6) is 0.808. The number of rotatable bonds is 10. The Morgan fingerprint density at radius 2 is 1.29 bits per heavy atom. The molecule has 103 valence electrons. The van der Waals surface area contributed by atoms with E-state index in [-0.39, 0.29) is 0 Å². The monoisotopic (exact) mass is 239 g/mol. The third kappa shape index (κ3) is 9.68. The summed E-state index contributed by atoms with van der Waals surface area (Å²) in [5, 5.41) is 0. The van der Waals surface area contributed by atoms with Crippen molar-refractivity contribution in [1.82, 2.24) is 0 Å². The van der Waals surface area contributed by atoms with Crippen LogP contribution in [0.4, 0.5) is 0 Å². The molecule has 0 aromatic carbocycles. The first-order valence-corrected chi connectivity index (χ1v) is 7.81. The summed E-state index contributed by atoms with van der Waals surface area (Å²) in [5.41, 5.74) is 0.447. The molecule has 0 nitrogen and oxygen atoms in total. The molecule has 1 radical (unpaired) electrons. The zero-order chi connectivity index (χ0) is 13.1. The Bertz CT molecular complexity index is 152. The summed E-state index contributed by atoms with van der Waals surface area (Å²) in [6.07, 6.45) is 13.9. The lowest BCUT2D eigenvalue weighted by Gasteiger charge is -2.29. The van der Waals surface area contributed by atoms with Gasteiger partial charge in [-0.3, -0.25) is 0 Å². The fourth-order valence-corrected chi connectivity index (χ4v) is 2.53. The van der Waals surface area contributed by atoms with Crippen molar-refractivity contribution >= 4 is 0 Å². The van der Waals surface area contributed by atoms with Gasteiger partial charge in [-0.15, -0.1) is 0 Å². The Hall–Kier alpha value is 0. The maximum absolute atomic E-state index is 4.10. The standard InChI is InChI=1S/C17H35/c1-6-8-9-10-11-12-13-14-15-16(7-2)17(3,4)5/h16H,2,6-15H2,1,3-5H3. The molecule has 0 heterocycles. The van der Waals surface area contributed by atoms with Crippen LogP contribution < -0.4 is 0 Å². The first-order chi connectivity index (χ1) is 8.02. The van der Waals surface area contributed by atoms with Gasteiger partial charge in [0.2, 0.25) is 0 Å². The molecule has 0 bridgehead atoms. The minimum Gasteiger partial charge on any atom is -0.0654 e. The van der Waals surface area contributed by atoms with E-state index >= 15 is 0 Å². The zero-order valence-electron chi connectivity index (χ0n) is 12.9. The van der Waals surface area contributed by atoms with Crippen molar-refractivity contribution in [3.05, 3.63) is 6.92 Å². The summed E-state index contributed by atoms with van der Waals surface area (Å²) in [7, 11) is 0. The Morgan fingerprint density at radius 1 is 0.824 bits per heavy atom. The molecule has 0 saturated carbocycles. The van der Waals surface area contributed by atoms with Crippen LogP contribution in [0.5, 0.6) is 0 Å². The Morgan fingerprint density at radius 3 is 1.71 bits per heavy atom. The molecule has 0 aliphatic carbocycles. The van der Waals surface area contributed by atoms with Crippen LogP contribution in [0.3, 0.4) is 0 Å². The lowest BCUT2D eigenvalue weighted by molar-refractivity contribution is 0.221. The van der Waals surface area contributed by atoms with Gasteiger partial charge < -0.3 is 0 Å². The molecule has 0 aliphatic heterocycles. The van der Waals surface area contributed by atoms with Gasteiger partial charge >= 0.3 is 0 Å². The lowest BCUT2D eigenvalue weighted by atomic mass is 9.76. The van der Waals surface area contributed by atoms with Gasteiger partial charge in [-0.1, -0.05) is 86.0 Å². The molecular formula is C17H35. The molecule has 0 N–H and O–H groups in total. The molecule has 0 amide bonds. The fourth-order valence-electron chi connectivity index (χ4n) is 2.53. The maximum Gasteiger partial charge on any atom is -0.0354 e. The van der Waals surface area contributed by atoms with Crippen molar-refractivity contribution < 1.29 is 0 Å². The van der Waals surface area contributed by atoms with Gasteiger partial charge in [-0.05, 0) is 24.2 Å². The summed E-state index contributed by atoms with van der Waals surface area (Å²) < 4.78 is 0. The van der Waals surface area contributed by atoms with Crippen molar-refractivity contribution in [3.63, 3.8) is 0 Å². The average molecular weight is 239 g/mol. The summed E-state index contributed by atoms with van der Waals surface area (Å²) in [6, 6.07) is 0. The van der Waals surface area contributed by atoms with Crippen LogP contribution in [0.1, 0.15) is 91.9 Å². The highest BCUT2D eigenvalue weighted by atomic mass is 14.3. The second-order valence-corrected chi connectivity index (χ2v) is 6.62. The highest BCUT2D eigenvalue weighted by Gasteiger charge is 2.21. The van der Waals surface area contributed by atoms with E-state index < -0.39 is 0 Å². The maximum atomic E-state index is 4.10. The van der Waals surface area contributed by atoms with Gasteiger partial charge in [-0.2, -0.15) is 0 Å². The summed E-state index contributed by atoms with van der Waals surface area (Å²) >= 11 is 0. The Kier molecular flexibility index (Phi) is 9.97. The fraction of sp³-hybridized carbons (Fsp3) is 0.941. The largest absolute Gasteiger partial charge is 0.0654 e. The Balaban J connectivity index is 3.38. The van der Waals surface area contributed by atoms with Crippen LogP contribution >= 0.6 is 0 Å². The molecule has 0 aromatic rings. The molecule has 17 heavy (non-hydrogen) atoms. The van der Waals surface area contributed by atoms with Crippen molar-refractivity contribution in [3.8, 4) is 0 Å². The van der Waals surface area contributed by atoms with Crippen molar-refractivity contribution in [2.24, 2.45) is 11.3 Å².